The highest BCUT2D eigenvalue weighted by molar-refractivity contribution is 5.88. The van der Waals surface area contributed by atoms with E-state index in [-0.39, 0.29) is 30.3 Å². The van der Waals surface area contributed by atoms with Crippen molar-refractivity contribution < 1.29 is 18.4 Å². The van der Waals surface area contributed by atoms with E-state index in [0.29, 0.717) is 26.2 Å². The number of nitrogens with zero attached hydrogens (tertiary/aromatic N) is 2. The highest BCUT2D eigenvalue weighted by Crippen LogP contribution is 2.18. The van der Waals surface area contributed by atoms with E-state index in [4.69, 9.17) is 0 Å². The molecule has 1 aliphatic rings. The quantitative estimate of drug-likeness (QED) is 0.610. The minimum absolute atomic E-state index is 0.0464. The Bertz CT molecular complexity index is 1100. The van der Waals surface area contributed by atoms with Gasteiger partial charge < -0.3 is 15.2 Å². The maximum atomic E-state index is 14.1. The van der Waals surface area contributed by atoms with Crippen molar-refractivity contribution in [3.8, 4) is 0 Å². The summed E-state index contributed by atoms with van der Waals surface area (Å²) in [6, 6.07) is 13.3. The summed E-state index contributed by atoms with van der Waals surface area (Å²) in [5.41, 5.74) is 1.26. The first-order chi connectivity index (χ1) is 15.0. The van der Waals surface area contributed by atoms with Crippen LogP contribution in [-0.2, 0) is 22.7 Å². The molecule has 2 N–H and O–H groups in total. The molecule has 2 amide bonds. The third-order valence-corrected chi connectivity index (χ3v) is 5.58. The van der Waals surface area contributed by atoms with Gasteiger partial charge >= 0.3 is 0 Å². The van der Waals surface area contributed by atoms with E-state index in [9.17, 15) is 18.4 Å². The summed E-state index contributed by atoms with van der Waals surface area (Å²) in [4.78, 5) is 26.6. The van der Waals surface area contributed by atoms with E-state index in [1.165, 1.54) is 12.1 Å². The number of nitrogens with one attached hydrogen (secondary N) is 2. The fourth-order valence-corrected chi connectivity index (χ4v) is 3.96. The number of piperazine rings is 1. The number of benzene rings is 2. The molecule has 0 unspecified atom stereocenters. The van der Waals surface area contributed by atoms with Crippen LogP contribution in [0.1, 0.15) is 12.0 Å². The van der Waals surface area contributed by atoms with Crippen molar-refractivity contribution in [3.63, 3.8) is 0 Å². The lowest BCUT2D eigenvalue weighted by Crippen LogP contribution is -2.56. The van der Waals surface area contributed by atoms with Crippen LogP contribution in [-0.4, -0.2) is 47.0 Å². The van der Waals surface area contributed by atoms with Crippen LogP contribution in [0.15, 0.2) is 54.7 Å². The zero-order valence-electron chi connectivity index (χ0n) is 17.0. The molecule has 162 valence electrons. The fourth-order valence-electron chi connectivity index (χ4n) is 3.96. The summed E-state index contributed by atoms with van der Waals surface area (Å²) < 4.78 is 29.7. The second kappa shape index (κ2) is 9.26. The van der Waals surface area contributed by atoms with Crippen molar-refractivity contribution in [2.45, 2.75) is 25.6 Å². The molecule has 1 atom stereocenters. The minimum atomic E-state index is -0.925. The molecule has 4 rings (SSSR count). The van der Waals surface area contributed by atoms with Gasteiger partial charge in [-0.25, -0.2) is 8.78 Å². The third kappa shape index (κ3) is 4.74. The van der Waals surface area contributed by atoms with Crippen LogP contribution in [0.25, 0.3) is 10.9 Å². The SMILES string of the molecule is O=C(C[C@@H]1C(=O)NCCN1Cc1cccc(F)c1F)NCCn1ccc2ccccc21. The van der Waals surface area contributed by atoms with E-state index < -0.39 is 17.7 Å². The number of halogens is 2. The smallest absolute Gasteiger partial charge is 0.237 e. The first-order valence-electron chi connectivity index (χ1n) is 10.3. The topological polar surface area (TPSA) is 66.4 Å². The number of carbonyl (C=O) groups is 2. The number of fused-ring (bicyclic) bond motifs is 1. The van der Waals surface area contributed by atoms with Crippen LogP contribution >= 0.6 is 0 Å². The number of hydrogen-bond donors (Lipinski definition) is 2. The van der Waals surface area contributed by atoms with Crippen LogP contribution in [0.2, 0.25) is 0 Å². The summed E-state index contributed by atoms with van der Waals surface area (Å²) >= 11 is 0. The summed E-state index contributed by atoms with van der Waals surface area (Å²) in [5, 5.41) is 6.74. The standard InChI is InChI=1S/C23H24F2N4O2/c24-18-6-3-5-17(22(18)25)15-29-13-10-27-23(31)20(29)14-21(30)26-9-12-28-11-8-16-4-1-2-7-19(16)28/h1-8,11,20H,9-10,12-15H2,(H,26,30)(H,27,31)/t20-/m1/s1. The lowest BCUT2D eigenvalue weighted by atomic mass is 10.1. The largest absolute Gasteiger partial charge is 0.354 e. The van der Waals surface area contributed by atoms with E-state index in [1.54, 1.807) is 4.90 Å². The summed E-state index contributed by atoms with van der Waals surface area (Å²) in [5.74, 6) is -2.39. The normalized spacial score (nSPS) is 17.0. The van der Waals surface area contributed by atoms with Crippen molar-refractivity contribution >= 4 is 22.7 Å². The van der Waals surface area contributed by atoms with Gasteiger partial charge in [-0.15, -0.1) is 0 Å². The van der Waals surface area contributed by atoms with Gasteiger partial charge in [-0.1, -0.05) is 30.3 Å². The van der Waals surface area contributed by atoms with Gasteiger partial charge in [0.05, 0.1) is 12.5 Å². The van der Waals surface area contributed by atoms with Crippen molar-refractivity contribution in [2.75, 3.05) is 19.6 Å². The molecule has 1 fully saturated rings. The summed E-state index contributed by atoms with van der Waals surface area (Å²) in [6.07, 6.45) is 1.93. The molecule has 0 bridgehead atoms. The van der Waals surface area contributed by atoms with Gasteiger partial charge in [-0.3, -0.25) is 14.5 Å². The van der Waals surface area contributed by atoms with Gasteiger partial charge in [0, 0.05) is 50.0 Å². The van der Waals surface area contributed by atoms with Crippen LogP contribution in [0.4, 0.5) is 8.78 Å². The van der Waals surface area contributed by atoms with E-state index in [1.807, 2.05) is 36.5 Å². The van der Waals surface area contributed by atoms with Gasteiger partial charge in [-0.2, -0.15) is 0 Å². The van der Waals surface area contributed by atoms with Crippen molar-refractivity contribution in [1.29, 1.82) is 0 Å². The second-order valence-corrected chi connectivity index (χ2v) is 7.61. The zero-order chi connectivity index (χ0) is 21.8. The highest BCUT2D eigenvalue weighted by atomic mass is 19.2. The van der Waals surface area contributed by atoms with Crippen molar-refractivity contribution in [1.82, 2.24) is 20.1 Å². The molecule has 0 spiro atoms. The lowest BCUT2D eigenvalue weighted by molar-refractivity contribution is -0.134. The molecule has 6 nitrogen and oxygen atoms in total. The molecule has 2 heterocycles. The monoisotopic (exact) mass is 426 g/mol. The predicted molar refractivity (Wildman–Crippen MR) is 113 cm³/mol. The van der Waals surface area contributed by atoms with Gasteiger partial charge in [0.25, 0.3) is 0 Å². The molecular weight excluding hydrogens is 402 g/mol. The minimum Gasteiger partial charge on any atom is -0.354 e. The van der Waals surface area contributed by atoms with Crippen LogP contribution < -0.4 is 10.6 Å². The van der Waals surface area contributed by atoms with Gasteiger partial charge in [-0.05, 0) is 23.6 Å². The van der Waals surface area contributed by atoms with Crippen LogP contribution in [0, 0.1) is 11.6 Å². The number of amides is 2. The number of para-hydroxylation sites is 1. The molecular formula is C23H24F2N4O2. The second-order valence-electron chi connectivity index (χ2n) is 7.61. The Morgan fingerprint density at radius 3 is 2.84 bits per heavy atom. The molecule has 0 aliphatic carbocycles. The van der Waals surface area contributed by atoms with E-state index in [2.05, 4.69) is 15.2 Å². The summed E-state index contributed by atoms with van der Waals surface area (Å²) in [7, 11) is 0. The zero-order valence-corrected chi connectivity index (χ0v) is 17.0. The Morgan fingerprint density at radius 1 is 1.13 bits per heavy atom. The molecule has 1 saturated heterocycles. The number of hydrogen-bond acceptors (Lipinski definition) is 3. The number of aromatic nitrogens is 1. The average molecular weight is 426 g/mol. The fraction of sp³-hybridized carbons (Fsp3) is 0.304. The Hall–Kier alpha value is -3.26. The lowest BCUT2D eigenvalue weighted by Gasteiger charge is -2.34. The predicted octanol–water partition coefficient (Wildman–Crippen LogP) is 2.43. The Labute approximate surface area is 178 Å². The highest BCUT2D eigenvalue weighted by Gasteiger charge is 2.32. The molecule has 1 aliphatic heterocycles. The van der Waals surface area contributed by atoms with Gasteiger partial charge in [0.2, 0.25) is 11.8 Å². The van der Waals surface area contributed by atoms with Gasteiger partial charge in [0.15, 0.2) is 11.6 Å². The van der Waals surface area contributed by atoms with Crippen LogP contribution in [0.3, 0.4) is 0 Å². The number of rotatable bonds is 7. The Kier molecular flexibility index (Phi) is 6.27. The first kappa shape index (κ1) is 21.0. The van der Waals surface area contributed by atoms with Crippen LogP contribution in [0.5, 0.6) is 0 Å². The Balaban J connectivity index is 1.35. The Morgan fingerprint density at radius 2 is 1.97 bits per heavy atom. The van der Waals surface area contributed by atoms with E-state index >= 15 is 0 Å². The van der Waals surface area contributed by atoms with Crippen molar-refractivity contribution in [2.24, 2.45) is 0 Å². The van der Waals surface area contributed by atoms with Crippen molar-refractivity contribution in [3.05, 3.63) is 71.9 Å². The molecule has 3 aromatic rings. The van der Waals surface area contributed by atoms with E-state index in [0.717, 1.165) is 17.0 Å². The summed E-state index contributed by atoms with van der Waals surface area (Å²) in [6.45, 7) is 1.94. The number of carbonyl (C=O) groups excluding carboxylic acids is 2. The molecule has 8 heteroatoms. The van der Waals surface area contributed by atoms with Gasteiger partial charge in [0.1, 0.15) is 0 Å². The third-order valence-electron chi connectivity index (χ3n) is 5.58. The maximum absolute atomic E-state index is 14.1. The maximum Gasteiger partial charge on any atom is 0.237 e. The average Bonchev–Trinajstić information content (AvgIpc) is 3.17. The molecule has 1 aromatic heterocycles. The first-order valence-corrected chi connectivity index (χ1v) is 10.3. The molecule has 2 aromatic carbocycles. The molecule has 31 heavy (non-hydrogen) atoms. The molecule has 0 saturated carbocycles. The molecule has 0 radical (unpaired) electrons.